The first kappa shape index (κ1) is 21.6. The predicted molar refractivity (Wildman–Crippen MR) is 131 cm³/mol. The van der Waals surface area contributed by atoms with Gasteiger partial charge in [0.15, 0.2) is 0 Å². The summed E-state index contributed by atoms with van der Waals surface area (Å²) in [5.41, 5.74) is 3.40. The van der Waals surface area contributed by atoms with Gasteiger partial charge < -0.3 is 30.2 Å². The summed E-state index contributed by atoms with van der Waals surface area (Å²) in [7, 11) is 1.68. The maximum Gasteiger partial charge on any atom is 0.139 e. The van der Waals surface area contributed by atoms with Crippen LogP contribution in [0.5, 0.6) is 11.5 Å². The van der Waals surface area contributed by atoms with Crippen LogP contribution in [0.15, 0.2) is 60.9 Å². The van der Waals surface area contributed by atoms with Gasteiger partial charge in [-0.1, -0.05) is 35.9 Å². The number of nitrogens with one attached hydrogen (secondary N) is 3. The van der Waals surface area contributed by atoms with Crippen LogP contribution in [0.2, 0.25) is 5.02 Å². The van der Waals surface area contributed by atoms with Crippen LogP contribution in [0.1, 0.15) is 24.2 Å². The average molecular weight is 465 g/mol. The molecular weight excluding hydrogens is 440 g/mol. The summed E-state index contributed by atoms with van der Waals surface area (Å²) in [6.07, 6.45) is 2.60. The summed E-state index contributed by atoms with van der Waals surface area (Å²) in [6.45, 7) is 3.31. The molecule has 2 aromatic carbocycles. The SMILES string of the molecule is COCC1(C)CNc2cnc3[nH]cc(C(O)c4ccc(Oc5ccccc5)cc4Cl)c3c2N1. The molecule has 0 aliphatic carbocycles. The lowest BCUT2D eigenvalue weighted by atomic mass is 9.96. The Morgan fingerprint density at radius 3 is 2.73 bits per heavy atom. The first-order valence-corrected chi connectivity index (χ1v) is 11.1. The molecule has 0 bridgehead atoms. The Morgan fingerprint density at radius 1 is 1.15 bits per heavy atom. The van der Waals surface area contributed by atoms with Crippen LogP contribution in [-0.2, 0) is 4.74 Å². The predicted octanol–water partition coefficient (Wildman–Crippen LogP) is 5.33. The number of nitrogens with zero attached hydrogens (tertiary/aromatic N) is 1. The highest BCUT2D eigenvalue weighted by atomic mass is 35.5. The molecule has 170 valence electrons. The number of halogens is 1. The van der Waals surface area contributed by atoms with Gasteiger partial charge in [0, 0.05) is 31.0 Å². The van der Waals surface area contributed by atoms with Gasteiger partial charge in [0.2, 0.25) is 0 Å². The van der Waals surface area contributed by atoms with Gasteiger partial charge in [-0.25, -0.2) is 4.98 Å². The topological polar surface area (TPSA) is 91.4 Å². The minimum Gasteiger partial charge on any atom is -0.457 e. The van der Waals surface area contributed by atoms with E-state index < -0.39 is 6.10 Å². The number of rotatable bonds is 6. The molecule has 4 aromatic rings. The zero-order chi connectivity index (χ0) is 23.0. The van der Waals surface area contributed by atoms with E-state index in [1.54, 1.807) is 37.7 Å². The summed E-state index contributed by atoms with van der Waals surface area (Å²) in [6, 6.07) is 14.8. The normalized spacial score (nSPS) is 18.3. The highest BCUT2D eigenvalue weighted by molar-refractivity contribution is 6.31. The third-order valence-corrected chi connectivity index (χ3v) is 6.16. The van der Waals surface area contributed by atoms with Crippen molar-refractivity contribution < 1.29 is 14.6 Å². The smallest absolute Gasteiger partial charge is 0.139 e. The van der Waals surface area contributed by atoms with E-state index in [-0.39, 0.29) is 5.54 Å². The Labute approximate surface area is 196 Å². The molecule has 3 heterocycles. The third-order valence-electron chi connectivity index (χ3n) is 5.83. The highest BCUT2D eigenvalue weighted by Crippen LogP contribution is 2.42. The molecule has 2 aromatic heterocycles. The van der Waals surface area contributed by atoms with Crippen molar-refractivity contribution in [1.82, 2.24) is 9.97 Å². The Balaban J connectivity index is 1.50. The summed E-state index contributed by atoms with van der Waals surface area (Å²) >= 11 is 6.58. The molecule has 8 heteroatoms. The van der Waals surface area contributed by atoms with Gasteiger partial charge >= 0.3 is 0 Å². The Bertz CT molecular complexity index is 1290. The summed E-state index contributed by atoms with van der Waals surface area (Å²) in [5.74, 6) is 1.31. The van der Waals surface area contributed by atoms with Crippen molar-refractivity contribution in [3.8, 4) is 11.5 Å². The second kappa shape index (κ2) is 8.59. The molecule has 2 atom stereocenters. The molecule has 7 nitrogen and oxygen atoms in total. The number of aliphatic hydroxyl groups excluding tert-OH is 1. The molecule has 0 fully saturated rings. The lowest BCUT2D eigenvalue weighted by Crippen LogP contribution is -2.48. The largest absolute Gasteiger partial charge is 0.457 e. The molecule has 0 radical (unpaired) electrons. The molecule has 4 N–H and O–H groups in total. The van der Waals surface area contributed by atoms with Crippen LogP contribution in [-0.4, -0.2) is 40.9 Å². The number of hydrogen-bond donors (Lipinski definition) is 4. The molecule has 0 spiro atoms. The van der Waals surface area contributed by atoms with E-state index in [4.69, 9.17) is 21.1 Å². The molecule has 5 rings (SSSR count). The molecule has 1 aliphatic rings. The van der Waals surface area contributed by atoms with Crippen molar-refractivity contribution in [2.45, 2.75) is 18.6 Å². The number of anilines is 2. The van der Waals surface area contributed by atoms with E-state index in [2.05, 4.69) is 27.5 Å². The van der Waals surface area contributed by atoms with Crippen LogP contribution in [0, 0.1) is 0 Å². The Hall–Kier alpha value is -3.26. The number of ether oxygens (including phenoxy) is 2. The van der Waals surface area contributed by atoms with E-state index in [0.29, 0.717) is 46.4 Å². The van der Waals surface area contributed by atoms with E-state index in [1.165, 1.54) is 0 Å². The van der Waals surface area contributed by atoms with Gasteiger partial charge in [0.1, 0.15) is 23.3 Å². The second-order valence-corrected chi connectivity index (χ2v) is 8.89. The van der Waals surface area contributed by atoms with Crippen LogP contribution in [0.25, 0.3) is 11.0 Å². The zero-order valence-electron chi connectivity index (χ0n) is 18.4. The van der Waals surface area contributed by atoms with E-state index in [9.17, 15) is 5.11 Å². The lowest BCUT2D eigenvalue weighted by molar-refractivity contribution is 0.154. The van der Waals surface area contributed by atoms with Gasteiger partial charge in [-0.05, 0) is 31.2 Å². The first-order valence-electron chi connectivity index (χ1n) is 10.7. The van der Waals surface area contributed by atoms with Crippen molar-refractivity contribution in [3.63, 3.8) is 0 Å². The van der Waals surface area contributed by atoms with Crippen LogP contribution in [0.3, 0.4) is 0 Å². The van der Waals surface area contributed by atoms with Crippen molar-refractivity contribution >= 4 is 34.0 Å². The summed E-state index contributed by atoms with van der Waals surface area (Å²) in [4.78, 5) is 7.69. The van der Waals surface area contributed by atoms with E-state index >= 15 is 0 Å². The number of para-hydroxylation sites is 1. The molecule has 1 aliphatic heterocycles. The van der Waals surface area contributed by atoms with Crippen molar-refractivity contribution in [2.24, 2.45) is 0 Å². The van der Waals surface area contributed by atoms with Gasteiger partial charge in [-0.2, -0.15) is 0 Å². The molecule has 0 amide bonds. The number of hydrogen-bond acceptors (Lipinski definition) is 6. The number of pyridine rings is 1. The maximum absolute atomic E-state index is 11.3. The minimum absolute atomic E-state index is 0.302. The maximum atomic E-state index is 11.3. The fourth-order valence-electron chi connectivity index (χ4n) is 4.23. The van der Waals surface area contributed by atoms with E-state index in [0.717, 1.165) is 16.8 Å². The fraction of sp³-hybridized carbons (Fsp3) is 0.240. The van der Waals surface area contributed by atoms with Crippen molar-refractivity contribution in [2.75, 3.05) is 30.9 Å². The zero-order valence-corrected chi connectivity index (χ0v) is 19.1. The van der Waals surface area contributed by atoms with Gasteiger partial charge in [-0.3, -0.25) is 0 Å². The number of methoxy groups -OCH3 is 1. The van der Waals surface area contributed by atoms with Gasteiger partial charge in [0.25, 0.3) is 0 Å². The molecule has 33 heavy (non-hydrogen) atoms. The van der Waals surface area contributed by atoms with Crippen LogP contribution < -0.4 is 15.4 Å². The average Bonchev–Trinajstić information content (AvgIpc) is 3.24. The third kappa shape index (κ3) is 4.11. The number of H-pyrrole nitrogens is 1. The number of benzene rings is 2. The molecule has 0 saturated carbocycles. The van der Waals surface area contributed by atoms with Crippen molar-refractivity contribution in [3.05, 3.63) is 77.1 Å². The number of fused-ring (bicyclic) bond motifs is 3. The molecular formula is C25H25ClN4O3. The monoisotopic (exact) mass is 464 g/mol. The quantitative estimate of drug-likeness (QED) is 0.308. The fourth-order valence-corrected chi connectivity index (χ4v) is 4.50. The first-order chi connectivity index (χ1) is 16.0. The van der Waals surface area contributed by atoms with Crippen LogP contribution >= 0.6 is 11.6 Å². The highest BCUT2D eigenvalue weighted by Gasteiger charge is 2.32. The van der Waals surface area contributed by atoms with Gasteiger partial charge in [-0.15, -0.1) is 0 Å². The standard InChI is InChI=1S/C25H25ClN4O3/c1-25(14-32-2)13-29-20-12-28-24-21(22(20)30-25)18(11-27-24)23(31)17-9-8-16(10-19(17)26)33-15-6-4-3-5-7-15/h3-12,23,29-31H,13-14H2,1-2H3,(H,27,28). The Morgan fingerprint density at radius 2 is 1.97 bits per heavy atom. The van der Waals surface area contributed by atoms with Crippen molar-refractivity contribution in [1.29, 1.82) is 0 Å². The summed E-state index contributed by atoms with van der Waals surface area (Å²) in [5, 5.41) is 19.6. The Kier molecular flexibility index (Phi) is 5.62. The van der Waals surface area contributed by atoms with E-state index in [1.807, 2.05) is 30.3 Å². The lowest BCUT2D eigenvalue weighted by Gasteiger charge is -2.37. The number of aromatic nitrogens is 2. The minimum atomic E-state index is -0.956. The number of aromatic amines is 1. The summed E-state index contributed by atoms with van der Waals surface area (Å²) < 4.78 is 11.3. The molecule has 2 unspecified atom stereocenters. The second-order valence-electron chi connectivity index (χ2n) is 8.49. The van der Waals surface area contributed by atoms with Gasteiger partial charge in [0.05, 0.1) is 40.1 Å². The molecule has 0 saturated heterocycles. The van der Waals surface area contributed by atoms with Crippen LogP contribution in [0.4, 0.5) is 11.4 Å². The number of aliphatic hydroxyl groups is 1.